The Hall–Kier alpha value is -0.580. The van der Waals surface area contributed by atoms with Crippen molar-refractivity contribution in [2.24, 2.45) is 0 Å². The second-order valence-electron chi connectivity index (χ2n) is 4.16. The van der Waals surface area contributed by atoms with Gasteiger partial charge in [0.15, 0.2) is 0 Å². The first-order chi connectivity index (χ1) is 8.15. The molecular weight excluding hydrogens is 304 g/mol. The Morgan fingerprint density at radius 3 is 3.06 bits per heavy atom. The van der Waals surface area contributed by atoms with Crippen LogP contribution in [0.25, 0.3) is 0 Å². The molecule has 1 aromatic carbocycles. The predicted octanol–water partition coefficient (Wildman–Crippen LogP) is 2.47. The molecular formula is C12H14BrClN2O. The highest BCUT2D eigenvalue weighted by Crippen LogP contribution is 2.21. The van der Waals surface area contributed by atoms with E-state index in [1.165, 1.54) is 0 Å². The van der Waals surface area contributed by atoms with Crippen molar-refractivity contribution in [3.8, 4) is 0 Å². The molecule has 1 aliphatic heterocycles. The maximum atomic E-state index is 11.0. The standard InChI is InChI=1S/C12H14BrClN2O/c13-9-1-3-11(14)8(5-9)6-15-10-2-4-12(17)16-7-10/h1,3,5,10,15H,2,4,6-7H2,(H,16,17). The Bertz CT molecular complexity index is 415. The highest BCUT2D eigenvalue weighted by Gasteiger charge is 2.17. The van der Waals surface area contributed by atoms with E-state index in [-0.39, 0.29) is 5.91 Å². The minimum Gasteiger partial charge on any atom is -0.355 e. The van der Waals surface area contributed by atoms with Crippen molar-refractivity contribution in [1.29, 1.82) is 0 Å². The molecule has 2 N–H and O–H groups in total. The Labute approximate surface area is 114 Å². The maximum absolute atomic E-state index is 11.0. The normalized spacial score (nSPS) is 20.1. The van der Waals surface area contributed by atoms with Crippen LogP contribution in [0.2, 0.25) is 5.02 Å². The summed E-state index contributed by atoms with van der Waals surface area (Å²) >= 11 is 9.53. The van der Waals surface area contributed by atoms with Gasteiger partial charge in [0.1, 0.15) is 0 Å². The van der Waals surface area contributed by atoms with Gasteiger partial charge in [-0.3, -0.25) is 4.79 Å². The summed E-state index contributed by atoms with van der Waals surface area (Å²) in [7, 11) is 0. The number of benzene rings is 1. The smallest absolute Gasteiger partial charge is 0.220 e. The number of piperidine rings is 1. The Morgan fingerprint density at radius 2 is 2.35 bits per heavy atom. The number of halogens is 2. The average Bonchev–Trinajstić information content (AvgIpc) is 2.32. The highest BCUT2D eigenvalue weighted by atomic mass is 79.9. The third-order valence-electron chi connectivity index (χ3n) is 2.85. The summed E-state index contributed by atoms with van der Waals surface area (Å²) in [6, 6.07) is 6.15. The molecule has 92 valence electrons. The summed E-state index contributed by atoms with van der Waals surface area (Å²) in [5, 5.41) is 7.02. The van der Waals surface area contributed by atoms with Crippen LogP contribution in [0.3, 0.4) is 0 Å². The van der Waals surface area contributed by atoms with Crippen molar-refractivity contribution in [1.82, 2.24) is 10.6 Å². The summed E-state index contributed by atoms with van der Waals surface area (Å²) in [4.78, 5) is 11.0. The Balaban J connectivity index is 1.89. The molecule has 1 atom stereocenters. The first-order valence-electron chi connectivity index (χ1n) is 5.59. The molecule has 0 aliphatic carbocycles. The molecule has 3 nitrogen and oxygen atoms in total. The van der Waals surface area contributed by atoms with E-state index in [9.17, 15) is 4.79 Å². The van der Waals surface area contributed by atoms with Crippen LogP contribution in [0.1, 0.15) is 18.4 Å². The summed E-state index contributed by atoms with van der Waals surface area (Å²) in [5.41, 5.74) is 1.07. The van der Waals surface area contributed by atoms with Crippen LogP contribution in [-0.2, 0) is 11.3 Å². The number of hydrogen-bond donors (Lipinski definition) is 2. The van der Waals surface area contributed by atoms with E-state index in [0.717, 1.165) is 28.0 Å². The first-order valence-corrected chi connectivity index (χ1v) is 6.76. The fraction of sp³-hybridized carbons (Fsp3) is 0.417. The maximum Gasteiger partial charge on any atom is 0.220 e. The molecule has 1 aromatic rings. The van der Waals surface area contributed by atoms with Crippen molar-refractivity contribution in [2.45, 2.75) is 25.4 Å². The van der Waals surface area contributed by atoms with E-state index in [4.69, 9.17) is 11.6 Å². The molecule has 1 aliphatic rings. The largest absolute Gasteiger partial charge is 0.355 e. The van der Waals surface area contributed by atoms with Gasteiger partial charge in [-0.1, -0.05) is 27.5 Å². The lowest BCUT2D eigenvalue weighted by molar-refractivity contribution is -0.122. The molecule has 1 amide bonds. The third-order valence-corrected chi connectivity index (χ3v) is 3.72. The SMILES string of the molecule is O=C1CCC(NCc2cc(Br)ccc2Cl)CN1. The van der Waals surface area contributed by atoms with E-state index < -0.39 is 0 Å². The molecule has 0 spiro atoms. The number of nitrogens with one attached hydrogen (secondary N) is 2. The van der Waals surface area contributed by atoms with Gasteiger partial charge in [0.2, 0.25) is 5.91 Å². The van der Waals surface area contributed by atoms with Crippen LogP contribution in [0.4, 0.5) is 0 Å². The molecule has 0 radical (unpaired) electrons. The lowest BCUT2D eigenvalue weighted by Crippen LogP contribution is -2.45. The quantitative estimate of drug-likeness (QED) is 0.899. The molecule has 1 saturated heterocycles. The molecule has 17 heavy (non-hydrogen) atoms. The minimum atomic E-state index is 0.142. The van der Waals surface area contributed by atoms with E-state index in [2.05, 4.69) is 26.6 Å². The van der Waals surface area contributed by atoms with Gasteiger partial charge in [0.25, 0.3) is 0 Å². The number of hydrogen-bond acceptors (Lipinski definition) is 2. The van der Waals surface area contributed by atoms with E-state index in [0.29, 0.717) is 19.0 Å². The van der Waals surface area contributed by atoms with Crippen LogP contribution >= 0.6 is 27.5 Å². The van der Waals surface area contributed by atoms with Gasteiger partial charge in [-0.2, -0.15) is 0 Å². The van der Waals surface area contributed by atoms with Crippen molar-refractivity contribution < 1.29 is 4.79 Å². The molecule has 1 fully saturated rings. The van der Waals surface area contributed by atoms with Crippen LogP contribution in [0, 0.1) is 0 Å². The van der Waals surface area contributed by atoms with Gasteiger partial charge in [-0.25, -0.2) is 0 Å². The van der Waals surface area contributed by atoms with Gasteiger partial charge in [-0.15, -0.1) is 0 Å². The van der Waals surface area contributed by atoms with Gasteiger partial charge in [0, 0.05) is 35.0 Å². The summed E-state index contributed by atoms with van der Waals surface area (Å²) in [6.07, 6.45) is 1.49. The van der Waals surface area contributed by atoms with Gasteiger partial charge < -0.3 is 10.6 Å². The lowest BCUT2D eigenvalue weighted by atomic mass is 10.1. The number of rotatable bonds is 3. The zero-order chi connectivity index (χ0) is 12.3. The minimum absolute atomic E-state index is 0.142. The van der Waals surface area contributed by atoms with Gasteiger partial charge in [-0.05, 0) is 30.2 Å². The second-order valence-corrected chi connectivity index (χ2v) is 5.48. The summed E-state index contributed by atoms with van der Waals surface area (Å²) < 4.78 is 1.02. The fourth-order valence-corrected chi connectivity index (χ4v) is 2.43. The number of carbonyl (C=O) groups is 1. The molecule has 0 bridgehead atoms. The fourth-order valence-electron chi connectivity index (χ4n) is 1.84. The predicted molar refractivity (Wildman–Crippen MR) is 72.0 cm³/mol. The van der Waals surface area contributed by atoms with Crippen LogP contribution < -0.4 is 10.6 Å². The molecule has 2 rings (SSSR count). The average molecular weight is 318 g/mol. The molecule has 1 heterocycles. The molecule has 5 heteroatoms. The lowest BCUT2D eigenvalue weighted by Gasteiger charge is -2.23. The summed E-state index contributed by atoms with van der Waals surface area (Å²) in [6.45, 7) is 1.42. The van der Waals surface area contributed by atoms with Crippen molar-refractivity contribution in [3.63, 3.8) is 0 Å². The highest BCUT2D eigenvalue weighted by molar-refractivity contribution is 9.10. The number of amides is 1. The second kappa shape index (κ2) is 5.85. The Kier molecular flexibility index (Phi) is 4.42. The van der Waals surface area contributed by atoms with Crippen LogP contribution in [0.5, 0.6) is 0 Å². The van der Waals surface area contributed by atoms with E-state index >= 15 is 0 Å². The monoisotopic (exact) mass is 316 g/mol. The number of carbonyl (C=O) groups excluding carboxylic acids is 1. The topological polar surface area (TPSA) is 41.1 Å². The molecule has 1 unspecified atom stereocenters. The Morgan fingerprint density at radius 1 is 1.53 bits per heavy atom. The first kappa shape index (κ1) is 12.9. The molecule has 0 saturated carbocycles. The van der Waals surface area contributed by atoms with Gasteiger partial charge >= 0.3 is 0 Å². The molecule has 0 aromatic heterocycles. The van der Waals surface area contributed by atoms with Crippen LogP contribution in [-0.4, -0.2) is 18.5 Å². The zero-order valence-corrected chi connectivity index (χ0v) is 11.6. The van der Waals surface area contributed by atoms with Crippen molar-refractivity contribution >= 4 is 33.4 Å². The van der Waals surface area contributed by atoms with Crippen molar-refractivity contribution in [3.05, 3.63) is 33.3 Å². The summed E-state index contributed by atoms with van der Waals surface area (Å²) in [5.74, 6) is 0.142. The van der Waals surface area contributed by atoms with Crippen LogP contribution in [0.15, 0.2) is 22.7 Å². The third kappa shape index (κ3) is 3.69. The van der Waals surface area contributed by atoms with E-state index in [1.54, 1.807) is 0 Å². The van der Waals surface area contributed by atoms with Crippen molar-refractivity contribution in [2.75, 3.05) is 6.54 Å². The van der Waals surface area contributed by atoms with E-state index in [1.807, 2.05) is 18.2 Å². The zero-order valence-electron chi connectivity index (χ0n) is 9.30. The van der Waals surface area contributed by atoms with Gasteiger partial charge in [0.05, 0.1) is 0 Å².